The molecular formula is C26H27FN2O3S. The molecule has 2 aliphatic rings. The van der Waals surface area contributed by atoms with E-state index < -0.39 is 10.0 Å². The van der Waals surface area contributed by atoms with Gasteiger partial charge in [-0.15, -0.1) is 0 Å². The molecule has 2 fully saturated rings. The quantitative estimate of drug-likeness (QED) is 0.535. The average Bonchev–Trinajstić information content (AvgIpc) is 3.68. The molecule has 0 spiro atoms. The summed E-state index contributed by atoms with van der Waals surface area (Å²) in [5, 5.41) is 1.88. The van der Waals surface area contributed by atoms with E-state index in [4.69, 9.17) is 0 Å². The van der Waals surface area contributed by atoms with Crippen molar-refractivity contribution < 1.29 is 17.6 Å². The molecule has 1 saturated carbocycles. The van der Waals surface area contributed by atoms with Crippen LogP contribution < -0.4 is 0 Å². The number of benzene rings is 3. The standard InChI is InChI=1S/C26H27FN2O3S/c27-25-8-4-3-7-22(25)18-29(23-10-11-23)26(30)20-13-15-28(16-14-20)33(31,32)24-12-9-19-5-1-2-6-21(19)17-24/h1-9,12,17,20,23H,10-11,13-16,18H2. The third-order valence-corrected chi connectivity index (χ3v) is 8.63. The van der Waals surface area contributed by atoms with Gasteiger partial charge >= 0.3 is 0 Å². The fourth-order valence-electron chi connectivity index (χ4n) is 4.64. The zero-order chi connectivity index (χ0) is 23.0. The van der Waals surface area contributed by atoms with Crippen LogP contribution in [-0.4, -0.2) is 42.7 Å². The van der Waals surface area contributed by atoms with Gasteiger partial charge in [-0.1, -0.05) is 48.5 Å². The number of halogens is 1. The van der Waals surface area contributed by atoms with Crippen molar-refractivity contribution in [2.45, 2.75) is 43.2 Å². The maximum absolute atomic E-state index is 14.2. The first-order chi connectivity index (χ1) is 15.9. The van der Waals surface area contributed by atoms with E-state index in [1.165, 1.54) is 10.4 Å². The number of rotatable bonds is 6. The minimum atomic E-state index is -3.62. The van der Waals surface area contributed by atoms with Crippen molar-refractivity contribution in [2.75, 3.05) is 13.1 Å². The lowest BCUT2D eigenvalue weighted by atomic mass is 9.96. The van der Waals surface area contributed by atoms with E-state index in [-0.39, 0.29) is 35.1 Å². The molecule has 3 aromatic carbocycles. The first-order valence-electron chi connectivity index (χ1n) is 11.5. The van der Waals surface area contributed by atoms with Gasteiger partial charge in [0.1, 0.15) is 5.82 Å². The Morgan fingerprint density at radius 3 is 2.27 bits per heavy atom. The Hall–Kier alpha value is -2.77. The molecule has 1 aliphatic carbocycles. The molecule has 0 bridgehead atoms. The number of sulfonamides is 1. The zero-order valence-electron chi connectivity index (χ0n) is 18.4. The lowest BCUT2D eigenvalue weighted by Crippen LogP contribution is -2.44. The molecule has 0 radical (unpaired) electrons. The zero-order valence-corrected chi connectivity index (χ0v) is 19.2. The lowest BCUT2D eigenvalue weighted by molar-refractivity contribution is -0.138. The van der Waals surface area contributed by atoms with Crippen molar-refractivity contribution in [3.05, 3.63) is 78.1 Å². The summed E-state index contributed by atoms with van der Waals surface area (Å²) in [4.78, 5) is 15.4. The van der Waals surface area contributed by atoms with Gasteiger partial charge in [-0.2, -0.15) is 4.31 Å². The summed E-state index contributed by atoms with van der Waals surface area (Å²) in [5.41, 5.74) is 0.522. The SMILES string of the molecule is O=C(C1CCN(S(=O)(=O)c2ccc3ccccc3c2)CC1)N(Cc1ccccc1F)C1CC1. The van der Waals surface area contributed by atoms with Crippen molar-refractivity contribution in [2.24, 2.45) is 5.92 Å². The van der Waals surface area contributed by atoms with Crippen LogP contribution in [-0.2, 0) is 21.4 Å². The third kappa shape index (κ3) is 4.52. The lowest BCUT2D eigenvalue weighted by Gasteiger charge is -2.34. The van der Waals surface area contributed by atoms with E-state index in [2.05, 4.69) is 0 Å². The number of nitrogens with zero attached hydrogens (tertiary/aromatic N) is 2. The predicted molar refractivity (Wildman–Crippen MR) is 125 cm³/mol. The summed E-state index contributed by atoms with van der Waals surface area (Å²) in [7, 11) is -3.62. The second kappa shape index (κ2) is 8.88. The second-order valence-corrected chi connectivity index (χ2v) is 10.9. The number of amides is 1. The van der Waals surface area contributed by atoms with Crippen molar-refractivity contribution in [3.63, 3.8) is 0 Å². The van der Waals surface area contributed by atoms with Crippen LogP contribution in [0.2, 0.25) is 0 Å². The molecule has 0 unspecified atom stereocenters. The molecule has 5 nitrogen and oxygen atoms in total. The molecule has 0 N–H and O–H groups in total. The van der Waals surface area contributed by atoms with Crippen LogP contribution >= 0.6 is 0 Å². The second-order valence-electron chi connectivity index (χ2n) is 8.98. The van der Waals surface area contributed by atoms with E-state index in [9.17, 15) is 17.6 Å². The Balaban J connectivity index is 1.27. The van der Waals surface area contributed by atoms with Gasteiger partial charge in [0.05, 0.1) is 4.90 Å². The summed E-state index contributed by atoms with van der Waals surface area (Å²) in [6.45, 7) is 0.888. The number of hydrogen-bond donors (Lipinski definition) is 0. The predicted octanol–water partition coefficient (Wildman–Crippen LogP) is 4.57. The van der Waals surface area contributed by atoms with Gasteiger partial charge in [-0.3, -0.25) is 4.79 Å². The molecule has 7 heteroatoms. The van der Waals surface area contributed by atoms with Crippen molar-refractivity contribution in [1.82, 2.24) is 9.21 Å². The van der Waals surface area contributed by atoms with Crippen LogP contribution in [0, 0.1) is 11.7 Å². The van der Waals surface area contributed by atoms with E-state index in [1.54, 1.807) is 35.2 Å². The summed E-state index contributed by atoms with van der Waals surface area (Å²) >= 11 is 0. The fourth-order valence-corrected chi connectivity index (χ4v) is 6.14. The molecular weight excluding hydrogens is 439 g/mol. The average molecular weight is 467 g/mol. The third-order valence-electron chi connectivity index (χ3n) is 6.73. The van der Waals surface area contributed by atoms with Gasteiger partial charge < -0.3 is 4.90 Å². The van der Waals surface area contributed by atoms with Gasteiger partial charge in [0.15, 0.2) is 0 Å². The largest absolute Gasteiger partial charge is 0.335 e. The van der Waals surface area contributed by atoms with Crippen LogP contribution in [0.15, 0.2) is 71.6 Å². The first-order valence-corrected chi connectivity index (χ1v) is 12.9. The maximum Gasteiger partial charge on any atom is 0.243 e. The van der Waals surface area contributed by atoms with Crippen LogP contribution in [0.1, 0.15) is 31.2 Å². The monoisotopic (exact) mass is 466 g/mol. The highest BCUT2D eigenvalue weighted by atomic mass is 32.2. The maximum atomic E-state index is 14.2. The Labute approximate surface area is 193 Å². The number of carbonyl (C=O) groups is 1. The highest BCUT2D eigenvalue weighted by molar-refractivity contribution is 7.89. The normalized spacial score (nSPS) is 17.8. The Kier molecular flexibility index (Phi) is 5.93. The van der Waals surface area contributed by atoms with Crippen molar-refractivity contribution >= 4 is 26.7 Å². The molecule has 1 amide bonds. The Morgan fingerprint density at radius 1 is 0.909 bits per heavy atom. The van der Waals surface area contributed by atoms with Gasteiger partial charge in [-0.25, -0.2) is 12.8 Å². The van der Waals surface area contributed by atoms with Crippen molar-refractivity contribution in [3.8, 4) is 0 Å². The molecule has 5 rings (SSSR count). The Morgan fingerprint density at radius 2 is 1.58 bits per heavy atom. The smallest absolute Gasteiger partial charge is 0.243 e. The van der Waals surface area contributed by atoms with E-state index in [0.29, 0.717) is 31.5 Å². The summed E-state index contributed by atoms with van der Waals surface area (Å²) < 4.78 is 42.1. The van der Waals surface area contributed by atoms with Crippen LogP contribution in [0.5, 0.6) is 0 Å². The molecule has 0 aromatic heterocycles. The van der Waals surface area contributed by atoms with E-state index >= 15 is 0 Å². The number of hydrogen-bond acceptors (Lipinski definition) is 3. The fraction of sp³-hybridized carbons (Fsp3) is 0.346. The van der Waals surface area contributed by atoms with Crippen LogP contribution in [0.25, 0.3) is 10.8 Å². The molecule has 1 aliphatic heterocycles. The van der Waals surface area contributed by atoms with Crippen molar-refractivity contribution in [1.29, 1.82) is 0 Å². The molecule has 1 heterocycles. The van der Waals surface area contributed by atoms with Gasteiger partial charge in [0, 0.05) is 37.2 Å². The minimum Gasteiger partial charge on any atom is -0.335 e. The number of carbonyl (C=O) groups excluding carboxylic acids is 1. The molecule has 33 heavy (non-hydrogen) atoms. The van der Waals surface area contributed by atoms with Gasteiger partial charge in [0.2, 0.25) is 15.9 Å². The van der Waals surface area contributed by atoms with Gasteiger partial charge in [-0.05, 0) is 54.7 Å². The minimum absolute atomic E-state index is 0.0171. The highest BCUT2D eigenvalue weighted by Crippen LogP contribution is 2.33. The van der Waals surface area contributed by atoms with E-state index in [0.717, 1.165) is 23.6 Å². The summed E-state index contributed by atoms with van der Waals surface area (Å²) in [5.74, 6) is -0.517. The highest BCUT2D eigenvalue weighted by Gasteiger charge is 2.39. The van der Waals surface area contributed by atoms with E-state index in [1.807, 2.05) is 30.3 Å². The first kappa shape index (κ1) is 22.0. The number of piperidine rings is 1. The van der Waals surface area contributed by atoms with Crippen LogP contribution in [0.3, 0.4) is 0 Å². The Bertz CT molecular complexity index is 1280. The topological polar surface area (TPSA) is 57.7 Å². The summed E-state index contributed by atoms with van der Waals surface area (Å²) in [6, 6.07) is 19.6. The molecule has 1 saturated heterocycles. The van der Waals surface area contributed by atoms with Crippen LogP contribution in [0.4, 0.5) is 4.39 Å². The number of fused-ring (bicyclic) bond motifs is 1. The molecule has 172 valence electrons. The van der Waals surface area contributed by atoms with Gasteiger partial charge in [0.25, 0.3) is 0 Å². The summed E-state index contributed by atoms with van der Waals surface area (Å²) in [6.07, 6.45) is 2.84. The molecule has 3 aromatic rings. The molecule has 0 atom stereocenters.